The molecule has 1 aromatic rings. The standard InChI is InChI=1S/C14H19NO2/c1-10(2)8-9-15-13(16)11-6-4-5-7-12(11)14(15)17-3/h4-7,10,14H,8-9H2,1-3H3. The summed E-state index contributed by atoms with van der Waals surface area (Å²) in [6.45, 7) is 5.08. The van der Waals surface area contributed by atoms with Gasteiger partial charge in [-0.2, -0.15) is 0 Å². The third-order valence-corrected chi connectivity index (χ3v) is 3.17. The summed E-state index contributed by atoms with van der Waals surface area (Å²) in [6, 6.07) is 7.69. The molecular formula is C14H19NO2. The highest BCUT2D eigenvalue weighted by molar-refractivity contribution is 5.98. The van der Waals surface area contributed by atoms with E-state index >= 15 is 0 Å². The summed E-state index contributed by atoms with van der Waals surface area (Å²) in [5.41, 5.74) is 1.77. The molecule has 1 aliphatic rings. The average Bonchev–Trinajstić information content (AvgIpc) is 2.60. The van der Waals surface area contributed by atoms with E-state index in [0.717, 1.165) is 24.1 Å². The molecule has 0 saturated heterocycles. The van der Waals surface area contributed by atoms with Crippen LogP contribution in [0.15, 0.2) is 24.3 Å². The molecule has 1 atom stereocenters. The molecule has 0 aliphatic carbocycles. The summed E-state index contributed by atoms with van der Waals surface area (Å²) in [5, 5.41) is 0. The zero-order valence-corrected chi connectivity index (χ0v) is 10.6. The summed E-state index contributed by atoms with van der Waals surface area (Å²) in [4.78, 5) is 14.0. The Labute approximate surface area is 102 Å². The summed E-state index contributed by atoms with van der Waals surface area (Å²) >= 11 is 0. The van der Waals surface area contributed by atoms with E-state index in [2.05, 4.69) is 13.8 Å². The lowest BCUT2D eigenvalue weighted by molar-refractivity contribution is -0.0139. The molecule has 1 aromatic carbocycles. The number of nitrogens with zero attached hydrogens (tertiary/aromatic N) is 1. The summed E-state index contributed by atoms with van der Waals surface area (Å²) in [5.74, 6) is 0.678. The third-order valence-electron chi connectivity index (χ3n) is 3.17. The number of methoxy groups -OCH3 is 1. The van der Waals surface area contributed by atoms with Crippen LogP contribution in [0.3, 0.4) is 0 Å². The van der Waals surface area contributed by atoms with Crippen molar-refractivity contribution in [3.8, 4) is 0 Å². The minimum absolute atomic E-state index is 0.0908. The number of ether oxygens (including phenoxy) is 1. The van der Waals surface area contributed by atoms with Crippen LogP contribution in [0.4, 0.5) is 0 Å². The molecule has 92 valence electrons. The third kappa shape index (κ3) is 2.20. The van der Waals surface area contributed by atoms with Gasteiger partial charge in [0.05, 0.1) is 0 Å². The van der Waals surface area contributed by atoms with Gasteiger partial charge in [-0.1, -0.05) is 32.0 Å². The minimum atomic E-state index is -0.211. The lowest BCUT2D eigenvalue weighted by Crippen LogP contribution is -2.30. The van der Waals surface area contributed by atoms with Gasteiger partial charge in [0.15, 0.2) is 6.23 Å². The number of fused-ring (bicyclic) bond motifs is 1. The number of rotatable bonds is 4. The number of carbonyl (C=O) groups excluding carboxylic acids is 1. The molecule has 3 nitrogen and oxygen atoms in total. The lowest BCUT2D eigenvalue weighted by atomic mass is 10.1. The van der Waals surface area contributed by atoms with Crippen LogP contribution < -0.4 is 0 Å². The van der Waals surface area contributed by atoms with Gasteiger partial charge in [-0.05, 0) is 18.4 Å². The van der Waals surface area contributed by atoms with E-state index in [1.165, 1.54) is 0 Å². The van der Waals surface area contributed by atoms with Crippen LogP contribution in [0.1, 0.15) is 42.4 Å². The molecule has 0 fully saturated rings. The predicted molar refractivity (Wildman–Crippen MR) is 66.7 cm³/mol. The van der Waals surface area contributed by atoms with Gasteiger partial charge in [0, 0.05) is 24.8 Å². The minimum Gasteiger partial charge on any atom is -0.357 e. The highest BCUT2D eigenvalue weighted by Crippen LogP contribution is 2.34. The number of hydrogen-bond donors (Lipinski definition) is 0. The van der Waals surface area contributed by atoms with Gasteiger partial charge in [0.2, 0.25) is 0 Å². The van der Waals surface area contributed by atoms with Crippen LogP contribution in [-0.2, 0) is 4.74 Å². The molecule has 3 heteroatoms. The van der Waals surface area contributed by atoms with Gasteiger partial charge in [-0.3, -0.25) is 4.79 Å². The molecule has 0 radical (unpaired) electrons. The Hall–Kier alpha value is -1.35. The molecule has 0 saturated carbocycles. The Morgan fingerprint density at radius 2 is 2.06 bits per heavy atom. The number of amides is 1. The van der Waals surface area contributed by atoms with Crippen molar-refractivity contribution in [2.45, 2.75) is 26.5 Å². The molecular weight excluding hydrogens is 214 g/mol. The van der Waals surface area contributed by atoms with Gasteiger partial charge >= 0.3 is 0 Å². The smallest absolute Gasteiger partial charge is 0.256 e. The summed E-state index contributed by atoms with van der Waals surface area (Å²) in [6.07, 6.45) is 0.789. The first-order valence-electron chi connectivity index (χ1n) is 6.08. The fraction of sp³-hybridized carbons (Fsp3) is 0.500. The highest BCUT2D eigenvalue weighted by atomic mass is 16.5. The fourth-order valence-electron chi connectivity index (χ4n) is 2.21. The maximum absolute atomic E-state index is 12.2. The molecule has 1 aliphatic heterocycles. The Bertz CT molecular complexity index is 414. The van der Waals surface area contributed by atoms with Crippen LogP contribution >= 0.6 is 0 Å². The van der Waals surface area contributed by atoms with Crippen LogP contribution in [-0.4, -0.2) is 24.5 Å². The molecule has 0 bridgehead atoms. The van der Waals surface area contributed by atoms with Gasteiger partial charge in [0.25, 0.3) is 5.91 Å². The molecule has 0 aromatic heterocycles. The normalized spacial score (nSPS) is 18.9. The molecule has 0 N–H and O–H groups in total. The van der Waals surface area contributed by atoms with Gasteiger partial charge < -0.3 is 9.64 Å². The largest absolute Gasteiger partial charge is 0.357 e. The van der Waals surface area contributed by atoms with Gasteiger partial charge in [-0.15, -0.1) is 0 Å². The first kappa shape index (κ1) is 12.1. The molecule has 1 heterocycles. The van der Waals surface area contributed by atoms with Crippen molar-refractivity contribution in [2.24, 2.45) is 5.92 Å². The second-order valence-electron chi connectivity index (χ2n) is 4.86. The molecule has 0 spiro atoms. The van der Waals surface area contributed by atoms with Crippen molar-refractivity contribution in [3.63, 3.8) is 0 Å². The lowest BCUT2D eigenvalue weighted by Gasteiger charge is -2.24. The van der Waals surface area contributed by atoms with Crippen LogP contribution in [0, 0.1) is 5.92 Å². The molecule has 1 amide bonds. The van der Waals surface area contributed by atoms with E-state index in [0.29, 0.717) is 5.92 Å². The Kier molecular flexibility index (Phi) is 3.48. The SMILES string of the molecule is COC1c2ccccc2C(=O)N1CCC(C)C. The summed E-state index contributed by atoms with van der Waals surface area (Å²) < 4.78 is 5.46. The van der Waals surface area contributed by atoms with Crippen molar-refractivity contribution in [1.82, 2.24) is 4.90 Å². The van der Waals surface area contributed by atoms with E-state index in [-0.39, 0.29) is 12.1 Å². The Morgan fingerprint density at radius 3 is 2.71 bits per heavy atom. The first-order valence-corrected chi connectivity index (χ1v) is 6.08. The monoisotopic (exact) mass is 233 g/mol. The topological polar surface area (TPSA) is 29.5 Å². The fourth-order valence-corrected chi connectivity index (χ4v) is 2.21. The van der Waals surface area contributed by atoms with Crippen LogP contribution in [0.2, 0.25) is 0 Å². The van der Waals surface area contributed by atoms with Crippen molar-refractivity contribution in [3.05, 3.63) is 35.4 Å². The van der Waals surface area contributed by atoms with E-state index in [1.807, 2.05) is 29.2 Å². The second kappa shape index (κ2) is 4.88. The molecule has 17 heavy (non-hydrogen) atoms. The van der Waals surface area contributed by atoms with Gasteiger partial charge in [-0.25, -0.2) is 0 Å². The van der Waals surface area contributed by atoms with Crippen molar-refractivity contribution in [1.29, 1.82) is 0 Å². The number of hydrogen-bond acceptors (Lipinski definition) is 2. The van der Waals surface area contributed by atoms with E-state index in [9.17, 15) is 4.79 Å². The quantitative estimate of drug-likeness (QED) is 0.800. The predicted octanol–water partition coefficient (Wildman–Crippen LogP) is 2.83. The highest BCUT2D eigenvalue weighted by Gasteiger charge is 2.35. The Morgan fingerprint density at radius 1 is 1.35 bits per heavy atom. The van der Waals surface area contributed by atoms with E-state index in [4.69, 9.17) is 4.74 Å². The maximum Gasteiger partial charge on any atom is 0.256 e. The number of carbonyl (C=O) groups is 1. The van der Waals surface area contributed by atoms with Gasteiger partial charge in [0.1, 0.15) is 0 Å². The zero-order valence-electron chi connectivity index (χ0n) is 10.6. The average molecular weight is 233 g/mol. The second-order valence-corrected chi connectivity index (χ2v) is 4.86. The van der Waals surface area contributed by atoms with Crippen LogP contribution in [0.25, 0.3) is 0 Å². The first-order chi connectivity index (χ1) is 8.15. The molecule has 1 unspecified atom stereocenters. The van der Waals surface area contributed by atoms with E-state index in [1.54, 1.807) is 7.11 Å². The molecule has 2 rings (SSSR count). The maximum atomic E-state index is 12.2. The van der Waals surface area contributed by atoms with Crippen molar-refractivity contribution >= 4 is 5.91 Å². The van der Waals surface area contributed by atoms with Crippen LogP contribution in [0.5, 0.6) is 0 Å². The van der Waals surface area contributed by atoms with Crippen molar-refractivity contribution in [2.75, 3.05) is 13.7 Å². The zero-order chi connectivity index (χ0) is 12.4. The van der Waals surface area contributed by atoms with Crippen molar-refractivity contribution < 1.29 is 9.53 Å². The van der Waals surface area contributed by atoms with E-state index < -0.39 is 0 Å². The summed E-state index contributed by atoms with van der Waals surface area (Å²) in [7, 11) is 1.66. The number of benzene rings is 1. The Balaban J connectivity index is 2.23.